The van der Waals surface area contributed by atoms with E-state index in [0.29, 0.717) is 5.56 Å². The van der Waals surface area contributed by atoms with E-state index in [1.54, 1.807) is 0 Å². The normalized spacial score (nSPS) is 10.3. The lowest BCUT2D eigenvalue weighted by Gasteiger charge is -2.04. The molecule has 0 radical (unpaired) electrons. The number of benzene rings is 1. The van der Waals surface area contributed by atoms with E-state index in [2.05, 4.69) is 10.2 Å². The molecule has 0 saturated heterocycles. The lowest BCUT2D eigenvalue weighted by Crippen LogP contribution is -2.63. The van der Waals surface area contributed by atoms with Gasteiger partial charge in [0.05, 0.1) is 7.11 Å². The molecule has 0 fully saturated rings. The fourth-order valence-corrected chi connectivity index (χ4v) is 1.03. The van der Waals surface area contributed by atoms with Crippen LogP contribution < -0.4 is 21.3 Å². The number of rotatable bonds is 3. The Balaban J connectivity index is 3.03. The molecule has 0 atom stereocenters. The van der Waals surface area contributed by atoms with Gasteiger partial charge in [0.2, 0.25) is 12.0 Å². The Morgan fingerprint density at radius 1 is 1.44 bits per heavy atom. The zero-order valence-electron chi connectivity index (χ0n) is 8.64. The molecule has 7 N–H and O–H groups in total. The summed E-state index contributed by atoms with van der Waals surface area (Å²) in [6.07, 6.45) is 1.43. The monoisotopic (exact) mass is 225 g/mol. The second kappa shape index (κ2) is 4.87. The van der Waals surface area contributed by atoms with Gasteiger partial charge >= 0.3 is 0 Å². The molecule has 0 saturated carbocycles. The molecule has 0 unspecified atom stereocenters. The fourth-order valence-electron chi connectivity index (χ4n) is 1.03. The van der Waals surface area contributed by atoms with E-state index in [-0.39, 0.29) is 23.2 Å². The first-order valence-corrected chi connectivity index (χ1v) is 4.32. The van der Waals surface area contributed by atoms with Crippen molar-refractivity contribution in [2.24, 2.45) is 16.6 Å². The van der Waals surface area contributed by atoms with Crippen molar-refractivity contribution in [2.75, 3.05) is 7.11 Å². The lowest BCUT2D eigenvalue weighted by atomic mass is 10.2. The summed E-state index contributed by atoms with van der Waals surface area (Å²) in [5.41, 5.74) is 10.7. The predicted octanol–water partition coefficient (Wildman–Crippen LogP) is -2.21. The topological polar surface area (TPSA) is 128 Å². The first-order valence-electron chi connectivity index (χ1n) is 4.32. The van der Waals surface area contributed by atoms with Crippen molar-refractivity contribution in [3.8, 4) is 17.2 Å². The minimum absolute atomic E-state index is 0.119. The molecule has 7 heteroatoms. The number of aromatic hydroxyl groups is 2. The molecule has 0 aliphatic carbocycles. The maximum Gasteiger partial charge on any atom is 0.256 e. The van der Waals surface area contributed by atoms with Gasteiger partial charge in [0.15, 0.2) is 11.5 Å². The van der Waals surface area contributed by atoms with Crippen LogP contribution in [0.2, 0.25) is 0 Å². The number of guanidine groups is 1. The molecule has 7 nitrogen and oxygen atoms in total. The largest absolute Gasteiger partial charge is 0.504 e. The Labute approximate surface area is 91.7 Å². The molecule has 0 amide bonds. The number of phenolic OH excluding ortho intramolecular Hbond substituents is 2. The highest BCUT2D eigenvalue weighted by Crippen LogP contribution is 2.35. The Kier molecular flexibility index (Phi) is 3.54. The van der Waals surface area contributed by atoms with E-state index < -0.39 is 0 Å². The van der Waals surface area contributed by atoms with Crippen LogP contribution in [-0.4, -0.2) is 29.5 Å². The molecular formula is C9H13N4O3+. The van der Waals surface area contributed by atoms with Crippen LogP contribution in [0.4, 0.5) is 0 Å². The maximum absolute atomic E-state index is 9.36. The molecule has 1 aromatic carbocycles. The summed E-state index contributed by atoms with van der Waals surface area (Å²) < 4.78 is 4.85. The number of ether oxygens (including phenoxy) is 1. The Bertz CT molecular complexity index is 439. The second-order valence-corrected chi connectivity index (χ2v) is 2.90. The Hall–Kier alpha value is -2.44. The number of nitrogens with zero attached hydrogens (tertiary/aromatic N) is 1. The van der Waals surface area contributed by atoms with Gasteiger partial charge < -0.3 is 26.4 Å². The summed E-state index contributed by atoms with van der Waals surface area (Å²) in [6, 6.07) is 2.83. The Morgan fingerprint density at radius 2 is 2.12 bits per heavy atom. The fraction of sp³-hybridized carbons (Fsp3) is 0.111. The van der Waals surface area contributed by atoms with Crippen molar-refractivity contribution in [3.05, 3.63) is 17.7 Å². The van der Waals surface area contributed by atoms with E-state index in [1.165, 1.54) is 25.5 Å². The molecule has 0 aromatic heterocycles. The summed E-state index contributed by atoms with van der Waals surface area (Å²) in [7, 11) is 1.38. The molecule has 86 valence electrons. The van der Waals surface area contributed by atoms with Gasteiger partial charge in [0.25, 0.3) is 5.96 Å². The number of hydrazone groups is 1. The summed E-state index contributed by atoms with van der Waals surface area (Å²) in [5.74, 6) is -0.581. The third-order valence-electron chi connectivity index (χ3n) is 1.72. The van der Waals surface area contributed by atoms with E-state index in [1.807, 2.05) is 0 Å². The van der Waals surface area contributed by atoms with Crippen molar-refractivity contribution in [1.29, 1.82) is 0 Å². The van der Waals surface area contributed by atoms with Crippen molar-refractivity contribution in [2.45, 2.75) is 0 Å². The van der Waals surface area contributed by atoms with E-state index in [9.17, 15) is 10.2 Å². The van der Waals surface area contributed by atoms with Crippen LogP contribution in [0.5, 0.6) is 17.2 Å². The van der Waals surface area contributed by atoms with Gasteiger partial charge in [-0.3, -0.25) is 0 Å². The molecule has 0 bridgehead atoms. The zero-order valence-corrected chi connectivity index (χ0v) is 8.64. The third kappa shape index (κ3) is 2.77. The third-order valence-corrected chi connectivity index (χ3v) is 1.72. The molecule has 16 heavy (non-hydrogen) atoms. The van der Waals surface area contributed by atoms with Gasteiger partial charge in [-0.2, -0.15) is 0 Å². The summed E-state index contributed by atoms with van der Waals surface area (Å²) in [6.45, 7) is 0. The average molecular weight is 225 g/mol. The van der Waals surface area contributed by atoms with Gasteiger partial charge in [0.1, 0.15) is 0 Å². The SMILES string of the molecule is COc1cc(C=[NH+]N=C(N)N)cc(O)c1O. The smallest absolute Gasteiger partial charge is 0.256 e. The predicted molar refractivity (Wildman–Crippen MR) is 58.3 cm³/mol. The van der Waals surface area contributed by atoms with Crippen molar-refractivity contribution < 1.29 is 20.1 Å². The molecule has 0 aliphatic rings. The molecule has 0 spiro atoms. The number of nitrogens with two attached hydrogens (primary N) is 2. The summed E-state index contributed by atoms with van der Waals surface area (Å²) in [4.78, 5) is 0. The minimum atomic E-state index is -0.318. The first kappa shape index (κ1) is 11.6. The number of hydrogen-bond acceptors (Lipinski definition) is 4. The van der Waals surface area contributed by atoms with Crippen LogP contribution in [0.3, 0.4) is 0 Å². The number of nitrogens with one attached hydrogen (secondary N) is 1. The summed E-state index contributed by atoms with van der Waals surface area (Å²) >= 11 is 0. The van der Waals surface area contributed by atoms with Crippen LogP contribution in [0, 0.1) is 0 Å². The quantitative estimate of drug-likeness (QED) is 0.172. The maximum atomic E-state index is 9.36. The lowest BCUT2D eigenvalue weighted by molar-refractivity contribution is -0.456. The van der Waals surface area contributed by atoms with Crippen molar-refractivity contribution in [1.82, 2.24) is 0 Å². The van der Waals surface area contributed by atoms with Crippen LogP contribution in [-0.2, 0) is 0 Å². The zero-order chi connectivity index (χ0) is 12.1. The second-order valence-electron chi connectivity index (χ2n) is 2.90. The van der Waals surface area contributed by atoms with Crippen molar-refractivity contribution >= 4 is 12.2 Å². The van der Waals surface area contributed by atoms with Gasteiger partial charge in [-0.25, -0.2) is 0 Å². The molecular weight excluding hydrogens is 212 g/mol. The van der Waals surface area contributed by atoms with E-state index in [0.717, 1.165) is 0 Å². The van der Waals surface area contributed by atoms with E-state index >= 15 is 0 Å². The number of phenols is 2. The Morgan fingerprint density at radius 3 is 2.69 bits per heavy atom. The highest BCUT2D eigenvalue weighted by Gasteiger charge is 2.09. The summed E-state index contributed by atoms with van der Waals surface area (Å²) in [5, 5.41) is 24.7. The number of methoxy groups -OCH3 is 1. The minimum Gasteiger partial charge on any atom is -0.504 e. The average Bonchev–Trinajstić information content (AvgIpc) is 2.22. The standard InChI is InChI=1S/C9H12N4O3/c1-16-7-3-5(2-6(14)8(7)15)4-12-13-9(10)11/h2-4,14-15H,1H3,(H4,10,11,13)/p+1. The highest BCUT2D eigenvalue weighted by molar-refractivity contribution is 5.79. The van der Waals surface area contributed by atoms with Crippen molar-refractivity contribution in [3.63, 3.8) is 0 Å². The molecule has 1 rings (SSSR count). The molecule has 1 aromatic rings. The first-order chi connectivity index (χ1) is 7.54. The number of hydrogen-bond donors (Lipinski definition) is 5. The van der Waals surface area contributed by atoms with Gasteiger partial charge in [0, 0.05) is 10.7 Å². The molecule has 0 aliphatic heterocycles. The van der Waals surface area contributed by atoms with Gasteiger partial charge in [-0.15, -0.1) is 5.10 Å². The highest BCUT2D eigenvalue weighted by atomic mass is 16.5. The van der Waals surface area contributed by atoms with E-state index in [4.69, 9.17) is 16.2 Å². The van der Waals surface area contributed by atoms with Gasteiger partial charge in [-0.1, -0.05) is 0 Å². The van der Waals surface area contributed by atoms with Crippen LogP contribution >= 0.6 is 0 Å². The van der Waals surface area contributed by atoms with Crippen LogP contribution in [0.1, 0.15) is 5.56 Å². The molecule has 0 heterocycles. The van der Waals surface area contributed by atoms with Crippen LogP contribution in [0.15, 0.2) is 17.2 Å². The van der Waals surface area contributed by atoms with Crippen LogP contribution in [0.25, 0.3) is 0 Å². The van der Waals surface area contributed by atoms with Gasteiger partial charge in [-0.05, 0) is 12.1 Å².